The predicted octanol–water partition coefficient (Wildman–Crippen LogP) is 2.01. The number of nitro benzene ring substituents is 2. The van der Waals surface area contributed by atoms with E-state index in [-0.39, 0.29) is 23.7 Å². The van der Waals surface area contributed by atoms with Crippen LogP contribution in [0.2, 0.25) is 0 Å². The van der Waals surface area contributed by atoms with E-state index in [4.69, 9.17) is 4.74 Å². The molecule has 0 aliphatic carbocycles. The van der Waals surface area contributed by atoms with Gasteiger partial charge in [-0.25, -0.2) is 4.39 Å². The number of carbonyl (C=O) groups excluding carboxylic acids is 2. The molecule has 1 aliphatic rings. The van der Waals surface area contributed by atoms with Crippen LogP contribution in [0.25, 0.3) is 0 Å². The highest BCUT2D eigenvalue weighted by molar-refractivity contribution is 6.05. The van der Waals surface area contributed by atoms with Gasteiger partial charge in [0, 0.05) is 24.3 Å². The maximum absolute atomic E-state index is 13.8. The molecule has 1 N–H and O–H groups in total. The molecular formula is C16H11FN4O7. The highest BCUT2D eigenvalue weighted by atomic mass is 19.1. The Morgan fingerprint density at radius 1 is 1.14 bits per heavy atom. The van der Waals surface area contributed by atoms with Crippen LogP contribution in [0, 0.1) is 26.0 Å². The largest absolute Gasteiger partial charge is 0.482 e. The minimum Gasteiger partial charge on any atom is -0.482 e. The van der Waals surface area contributed by atoms with Crippen molar-refractivity contribution in [3.63, 3.8) is 0 Å². The van der Waals surface area contributed by atoms with Gasteiger partial charge in [0.1, 0.15) is 18.1 Å². The number of halogens is 1. The van der Waals surface area contributed by atoms with Crippen LogP contribution in [0.3, 0.4) is 0 Å². The number of amides is 2. The molecule has 28 heavy (non-hydrogen) atoms. The van der Waals surface area contributed by atoms with Gasteiger partial charge in [-0.3, -0.25) is 34.7 Å². The second-order valence-electron chi connectivity index (χ2n) is 5.65. The van der Waals surface area contributed by atoms with Gasteiger partial charge in [-0.05, 0) is 12.1 Å². The van der Waals surface area contributed by atoms with Crippen LogP contribution in [0.4, 0.5) is 27.1 Å². The Kier molecular flexibility index (Phi) is 4.85. The van der Waals surface area contributed by atoms with Gasteiger partial charge in [-0.1, -0.05) is 0 Å². The zero-order valence-corrected chi connectivity index (χ0v) is 14.0. The number of rotatable bonds is 5. The third-order valence-electron chi connectivity index (χ3n) is 3.83. The van der Waals surface area contributed by atoms with Crippen LogP contribution < -0.4 is 15.0 Å². The molecule has 12 heteroatoms. The molecule has 0 radical (unpaired) electrons. The van der Waals surface area contributed by atoms with Crippen molar-refractivity contribution in [3.8, 4) is 5.75 Å². The molecule has 2 aromatic rings. The number of hydrogen-bond acceptors (Lipinski definition) is 7. The van der Waals surface area contributed by atoms with Gasteiger partial charge in [0.2, 0.25) is 5.91 Å². The van der Waals surface area contributed by atoms with E-state index < -0.39 is 45.4 Å². The molecule has 1 heterocycles. The molecule has 144 valence electrons. The molecule has 0 fully saturated rings. The number of ether oxygens (including phenoxy) is 1. The molecule has 2 amide bonds. The van der Waals surface area contributed by atoms with Crippen LogP contribution in [0.5, 0.6) is 5.75 Å². The first-order valence-electron chi connectivity index (χ1n) is 7.71. The van der Waals surface area contributed by atoms with Gasteiger partial charge in [0.15, 0.2) is 6.61 Å². The van der Waals surface area contributed by atoms with Gasteiger partial charge in [-0.15, -0.1) is 0 Å². The van der Waals surface area contributed by atoms with E-state index in [1.807, 2.05) is 0 Å². The highest BCUT2D eigenvalue weighted by Gasteiger charge is 2.29. The average molecular weight is 390 g/mol. The predicted molar refractivity (Wildman–Crippen MR) is 92.6 cm³/mol. The van der Waals surface area contributed by atoms with Crippen molar-refractivity contribution in [1.29, 1.82) is 0 Å². The molecule has 0 spiro atoms. The lowest BCUT2D eigenvalue weighted by atomic mass is 10.2. The van der Waals surface area contributed by atoms with E-state index >= 15 is 0 Å². The van der Waals surface area contributed by atoms with Crippen molar-refractivity contribution in [3.05, 3.63) is 62.4 Å². The summed E-state index contributed by atoms with van der Waals surface area (Å²) in [6, 6.07) is 6.16. The van der Waals surface area contributed by atoms with E-state index in [1.54, 1.807) is 0 Å². The zero-order chi connectivity index (χ0) is 20.4. The first-order chi connectivity index (χ1) is 13.3. The molecule has 0 unspecified atom stereocenters. The van der Waals surface area contributed by atoms with E-state index in [0.29, 0.717) is 0 Å². The van der Waals surface area contributed by atoms with Crippen LogP contribution in [-0.4, -0.2) is 34.8 Å². The second-order valence-corrected chi connectivity index (χ2v) is 5.65. The van der Waals surface area contributed by atoms with Crippen molar-refractivity contribution in [1.82, 2.24) is 0 Å². The van der Waals surface area contributed by atoms with Crippen LogP contribution in [0.15, 0.2) is 36.4 Å². The van der Waals surface area contributed by atoms with Gasteiger partial charge in [-0.2, -0.15) is 0 Å². The Labute approximate surface area is 155 Å². The Bertz CT molecular complexity index is 1010. The summed E-state index contributed by atoms with van der Waals surface area (Å²) < 4.78 is 19.0. The first kappa shape index (κ1) is 18.7. The van der Waals surface area contributed by atoms with Crippen LogP contribution >= 0.6 is 0 Å². The number of benzene rings is 2. The Balaban J connectivity index is 1.84. The molecule has 0 saturated heterocycles. The fraction of sp³-hybridized carbons (Fsp3) is 0.125. The Morgan fingerprint density at radius 2 is 1.79 bits per heavy atom. The third kappa shape index (κ3) is 3.70. The third-order valence-corrected chi connectivity index (χ3v) is 3.83. The summed E-state index contributed by atoms with van der Waals surface area (Å²) >= 11 is 0. The van der Waals surface area contributed by atoms with Gasteiger partial charge >= 0.3 is 0 Å². The number of non-ortho nitro benzene ring substituents is 2. The Hall–Kier alpha value is -4.09. The van der Waals surface area contributed by atoms with E-state index in [2.05, 4.69) is 5.32 Å². The van der Waals surface area contributed by atoms with Crippen molar-refractivity contribution < 1.29 is 28.6 Å². The molecule has 11 nitrogen and oxygen atoms in total. The average Bonchev–Trinajstić information content (AvgIpc) is 2.65. The number of carbonyl (C=O) groups is 2. The van der Waals surface area contributed by atoms with Gasteiger partial charge in [0.05, 0.1) is 21.2 Å². The molecule has 0 atom stereocenters. The van der Waals surface area contributed by atoms with E-state index in [9.17, 15) is 34.2 Å². The zero-order valence-electron chi connectivity index (χ0n) is 14.0. The fourth-order valence-corrected chi connectivity index (χ4v) is 2.53. The SMILES string of the molecule is O=C(CN1C(=O)COc2ccc([N+](=O)[O-])cc21)Nc1cc([N+](=O)[O-])ccc1F. The topological polar surface area (TPSA) is 145 Å². The monoisotopic (exact) mass is 390 g/mol. The number of nitrogens with zero attached hydrogens (tertiary/aromatic N) is 3. The normalized spacial score (nSPS) is 12.8. The molecule has 0 aromatic heterocycles. The van der Waals surface area contributed by atoms with Crippen molar-refractivity contribution in [2.45, 2.75) is 0 Å². The van der Waals surface area contributed by atoms with Gasteiger partial charge < -0.3 is 10.1 Å². The quantitative estimate of drug-likeness (QED) is 0.607. The van der Waals surface area contributed by atoms with Crippen molar-refractivity contribution in [2.75, 3.05) is 23.4 Å². The summed E-state index contributed by atoms with van der Waals surface area (Å²) in [5.41, 5.74) is -1.16. The molecule has 0 bridgehead atoms. The molecule has 0 saturated carbocycles. The maximum Gasteiger partial charge on any atom is 0.271 e. The lowest BCUT2D eigenvalue weighted by molar-refractivity contribution is -0.385. The van der Waals surface area contributed by atoms with Crippen molar-refractivity contribution in [2.24, 2.45) is 0 Å². The minimum absolute atomic E-state index is 0.0140. The summed E-state index contributed by atoms with van der Waals surface area (Å²) in [4.78, 5) is 45.7. The standard InChI is InChI=1S/C16H11FN4O7/c17-11-3-1-9(20(24)25)5-12(11)18-15(22)7-19-13-6-10(21(26)27)2-4-14(13)28-8-16(19)23/h1-6H,7-8H2,(H,18,22). The minimum atomic E-state index is -0.900. The Morgan fingerprint density at radius 3 is 2.46 bits per heavy atom. The summed E-state index contributed by atoms with van der Waals surface area (Å²) in [7, 11) is 0. The highest BCUT2D eigenvalue weighted by Crippen LogP contribution is 2.35. The second kappa shape index (κ2) is 7.26. The molecule has 1 aliphatic heterocycles. The maximum atomic E-state index is 13.8. The molecular weight excluding hydrogens is 379 g/mol. The molecule has 3 rings (SSSR count). The van der Waals surface area contributed by atoms with Crippen LogP contribution in [-0.2, 0) is 9.59 Å². The van der Waals surface area contributed by atoms with Crippen LogP contribution in [0.1, 0.15) is 0 Å². The lowest BCUT2D eigenvalue weighted by Gasteiger charge is -2.28. The number of nitro groups is 2. The van der Waals surface area contributed by atoms with Gasteiger partial charge in [0.25, 0.3) is 17.3 Å². The number of fused-ring (bicyclic) bond motifs is 1. The number of nitrogens with one attached hydrogen (secondary N) is 1. The first-order valence-corrected chi connectivity index (χ1v) is 7.71. The van der Waals surface area contributed by atoms with Crippen molar-refractivity contribution >= 4 is 34.6 Å². The van der Waals surface area contributed by atoms with E-state index in [1.165, 1.54) is 12.1 Å². The van der Waals surface area contributed by atoms with E-state index in [0.717, 1.165) is 29.2 Å². The lowest BCUT2D eigenvalue weighted by Crippen LogP contribution is -2.43. The smallest absolute Gasteiger partial charge is 0.271 e. The molecule has 2 aromatic carbocycles. The fourth-order valence-electron chi connectivity index (χ4n) is 2.53. The number of hydrogen-bond donors (Lipinski definition) is 1. The summed E-state index contributed by atoms with van der Waals surface area (Å²) in [6.07, 6.45) is 0. The summed E-state index contributed by atoms with van der Waals surface area (Å²) in [5, 5.41) is 23.9. The summed E-state index contributed by atoms with van der Waals surface area (Å²) in [6.45, 7) is -0.984. The summed E-state index contributed by atoms with van der Waals surface area (Å²) in [5.74, 6) is -2.22. The number of anilines is 2.